The third-order valence-corrected chi connectivity index (χ3v) is 8.17. The van der Waals surface area contributed by atoms with E-state index in [0.717, 1.165) is 42.6 Å². The molecule has 1 saturated carbocycles. The minimum Gasteiger partial charge on any atom is -0.494 e. The number of aromatic nitrogens is 4. The third kappa shape index (κ3) is 4.76. The number of halogens is 2. The molecule has 0 bridgehead atoms. The van der Waals surface area contributed by atoms with Crippen molar-refractivity contribution >= 4 is 29.0 Å². The maximum atomic E-state index is 13.3. The highest BCUT2D eigenvalue weighted by atomic mass is 35.5. The van der Waals surface area contributed by atoms with Crippen molar-refractivity contribution in [3.8, 4) is 22.9 Å². The van der Waals surface area contributed by atoms with E-state index in [1.54, 1.807) is 0 Å². The Morgan fingerprint density at radius 3 is 2.60 bits per heavy atom. The molecule has 3 aromatic rings. The van der Waals surface area contributed by atoms with Gasteiger partial charge in [-0.3, -0.25) is 4.79 Å². The topological polar surface area (TPSA) is 90.0 Å². The number of ether oxygens (including phenoxy) is 2. The van der Waals surface area contributed by atoms with E-state index in [-0.39, 0.29) is 11.2 Å². The number of hydrogen-bond acceptors (Lipinski definition) is 6. The summed E-state index contributed by atoms with van der Waals surface area (Å²) in [5.74, 6) is 2.37. The van der Waals surface area contributed by atoms with Gasteiger partial charge in [-0.1, -0.05) is 55.1 Å². The number of tetrazole rings is 1. The number of carbonyl (C=O) groups excluding carboxylic acids is 1. The van der Waals surface area contributed by atoms with Gasteiger partial charge < -0.3 is 9.47 Å². The summed E-state index contributed by atoms with van der Waals surface area (Å²) in [4.78, 5) is 13.3. The number of ketones is 1. The van der Waals surface area contributed by atoms with Crippen molar-refractivity contribution in [2.24, 2.45) is 11.3 Å². The molecule has 0 saturated heterocycles. The molecule has 1 atom stereocenters. The van der Waals surface area contributed by atoms with Gasteiger partial charge in [0, 0.05) is 16.5 Å². The number of rotatable bonds is 9. The van der Waals surface area contributed by atoms with Crippen LogP contribution in [0.3, 0.4) is 0 Å². The predicted octanol–water partition coefficient (Wildman–Crippen LogP) is 6.35. The Balaban J connectivity index is 1.14. The Labute approximate surface area is 214 Å². The smallest absolute Gasteiger partial charge is 0.204 e. The fourth-order valence-corrected chi connectivity index (χ4v) is 5.89. The van der Waals surface area contributed by atoms with Crippen LogP contribution in [0.2, 0.25) is 10.0 Å². The van der Waals surface area contributed by atoms with Crippen LogP contribution in [0.5, 0.6) is 11.5 Å². The van der Waals surface area contributed by atoms with Crippen LogP contribution in [0, 0.1) is 11.3 Å². The van der Waals surface area contributed by atoms with Crippen LogP contribution in [-0.4, -0.2) is 39.6 Å². The van der Waals surface area contributed by atoms with Crippen LogP contribution in [0.15, 0.2) is 30.3 Å². The lowest BCUT2D eigenvalue weighted by molar-refractivity contribution is 0.0744. The lowest BCUT2D eigenvalue weighted by Crippen LogP contribution is -2.32. The van der Waals surface area contributed by atoms with E-state index in [9.17, 15) is 4.79 Å². The largest absolute Gasteiger partial charge is 0.494 e. The highest BCUT2D eigenvalue weighted by Crippen LogP contribution is 2.52. The molecule has 0 amide bonds. The zero-order valence-electron chi connectivity index (χ0n) is 19.7. The number of nitrogens with one attached hydrogen (secondary N) is 1. The maximum absolute atomic E-state index is 13.3. The van der Waals surface area contributed by atoms with Gasteiger partial charge in [0.2, 0.25) is 5.82 Å². The summed E-state index contributed by atoms with van der Waals surface area (Å²) >= 11 is 13.1. The summed E-state index contributed by atoms with van der Waals surface area (Å²) in [6.45, 7) is 3.12. The van der Waals surface area contributed by atoms with Gasteiger partial charge in [0.1, 0.15) is 16.5 Å². The quantitative estimate of drug-likeness (QED) is 0.334. The van der Waals surface area contributed by atoms with E-state index in [2.05, 4.69) is 27.5 Å². The maximum Gasteiger partial charge on any atom is 0.204 e. The van der Waals surface area contributed by atoms with Crippen LogP contribution < -0.4 is 9.47 Å². The minimum absolute atomic E-state index is 0.137. The first-order valence-corrected chi connectivity index (χ1v) is 12.9. The summed E-state index contributed by atoms with van der Waals surface area (Å²) in [6, 6.07) is 9.50. The van der Waals surface area contributed by atoms with Crippen molar-refractivity contribution in [1.29, 1.82) is 0 Å². The van der Waals surface area contributed by atoms with Gasteiger partial charge in [-0.05, 0) is 67.0 Å². The zero-order valence-corrected chi connectivity index (χ0v) is 21.2. The standard InChI is InChI=1S/C26H28Cl2N4O3/c1-26(18-8-2-3-9-18)15-17-14-20(22(27)23(28)21(17)24(26)33)35-12-5-4-11-34-19-10-6-7-16(13-19)25-29-31-32-30-25/h6-7,10,13-14,18H,2-5,8-9,11-12,15H2,1H3,(H,29,30,31,32). The van der Waals surface area contributed by atoms with Gasteiger partial charge in [0.25, 0.3) is 0 Å². The van der Waals surface area contributed by atoms with Crippen molar-refractivity contribution in [3.63, 3.8) is 0 Å². The lowest BCUT2D eigenvalue weighted by Gasteiger charge is -2.29. The molecule has 5 rings (SSSR count). The molecular formula is C26H28Cl2N4O3. The van der Waals surface area contributed by atoms with Gasteiger partial charge in [-0.25, -0.2) is 0 Å². The van der Waals surface area contributed by atoms with Crippen molar-refractivity contribution < 1.29 is 14.3 Å². The average Bonchev–Trinajstić information content (AvgIpc) is 3.62. The highest BCUT2D eigenvalue weighted by molar-refractivity contribution is 6.45. The normalized spacial score (nSPS) is 19.8. The van der Waals surface area contributed by atoms with Gasteiger partial charge >= 0.3 is 0 Å². The van der Waals surface area contributed by atoms with E-state index in [1.807, 2.05) is 30.3 Å². The van der Waals surface area contributed by atoms with Gasteiger partial charge in [0.05, 0.1) is 18.2 Å². The summed E-state index contributed by atoms with van der Waals surface area (Å²) in [7, 11) is 0. The number of H-pyrrole nitrogens is 1. The van der Waals surface area contributed by atoms with Crippen molar-refractivity contribution in [3.05, 3.63) is 51.5 Å². The van der Waals surface area contributed by atoms with Gasteiger partial charge in [-0.2, -0.15) is 5.21 Å². The molecule has 0 spiro atoms. The minimum atomic E-state index is -0.386. The molecule has 2 aromatic carbocycles. The molecule has 1 fully saturated rings. The molecule has 9 heteroatoms. The zero-order chi connectivity index (χ0) is 24.4. The van der Waals surface area contributed by atoms with Crippen molar-refractivity contribution in [1.82, 2.24) is 20.6 Å². The summed E-state index contributed by atoms with van der Waals surface area (Å²) in [5.41, 5.74) is 2.00. The Morgan fingerprint density at radius 1 is 1.09 bits per heavy atom. The first-order chi connectivity index (χ1) is 17.0. The number of nitrogens with zero attached hydrogens (tertiary/aromatic N) is 3. The molecule has 1 aromatic heterocycles. The van der Waals surface area contributed by atoms with E-state index in [1.165, 1.54) is 12.8 Å². The third-order valence-electron chi connectivity index (χ3n) is 7.32. The fourth-order valence-electron chi connectivity index (χ4n) is 5.38. The first kappa shape index (κ1) is 24.1. The van der Waals surface area contributed by atoms with Crippen LogP contribution in [0.4, 0.5) is 0 Å². The van der Waals surface area contributed by atoms with Crippen LogP contribution in [0.25, 0.3) is 11.4 Å². The van der Waals surface area contributed by atoms with Crippen molar-refractivity contribution in [2.75, 3.05) is 13.2 Å². The average molecular weight is 515 g/mol. The molecule has 1 N–H and O–H groups in total. The Hall–Kier alpha value is -2.64. The van der Waals surface area contributed by atoms with E-state index in [4.69, 9.17) is 32.7 Å². The van der Waals surface area contributed by atoms with E-state index in [0.29, 0.717) is 52.7 Å². The number of aromatic amines is 1. The van der Waals surface area contributed by atoms with Gasteiger partial charge in [-0.15, -0.1) is 10.2 Å². The van der Waals surface area contributed by atoms with Crippen LogP contribution in [0.1, 0.15) is 61.4 Å². The second-order valence-electron chi connectivity index (χ2n) is 9.61. The highest BCUT2D eigenvalue weighted by Gasteiger charge is 2.49. The van der Waals surface area contributed by atoms with Gasteiger partial charge in [0.15, 0.2) is 5.78 Å². The molecule has 2 aliphatic rings. The van der Waals surface area contributed by atoms with E-state index < -0.39 is 0 Å². The van der Waals surface area contributed by atoms with Crippen LogP contribution in [-0.2, 0) is 6.42 Å². The van der Waals surface area contributed by atoms with Crippen molar-refractivity contribution in [2.45, 2.75) is 51.9 Å². The number of hydrogen-bond donors (Lipinski definition) is 1. The number of fused-ring (bicyclic) bond motifs is 1. The molecule has 7 nitrogen and oxygen atoms in total. The lowest BCUT2D eigenvalue weighted by atomic mass is 9.73. The Kier molecular flexibility index (Phi) is 6.98. The number of benzene rings is 2. The molecule has 184 valence electrons. The summed E-state index contributed by atoms with van der Waals surface area (Å²) < 4.78 is 11.8. The molecule has 0 radical (unpaired) electrons. The number of unbranched alkanes of at least 4 members (excludes halogenated alkanes) is 1. The molecule has 1 unspecified atom stereocenters. The second-order valence-corrected chi connectivity index (χ2v) is 10.4. The molecular weight excluding hydrogens is 487 g/mol. The predicted molar refractivity (Wildman–Crippen MR) is 134 cm³/mol. The Morgan fingerprint density at radius 2 is 1.86 bits per heavy atom. The first-order valence-electron chi connectivity index (χ1n) is 12.1. The molecule has 1 heterocycles. The number of Topliss-reactive ketones (excluding diaryl/α,β-unsaturated/α-hetero) is 1. The molecule has 2 aliphatic carbocycles. The van der Waals surface area contributed by atoms with Crippen LogP contribution >= 0.6 is 23.2 Å². The van der Waals surface area contributed by atoms with E-state index >= 15 is 0 Å². The summed E-state index contributed by atoms with van der Waals surface area (Å²) in [6.07, 6.45) is 6.90. The second kappa shape index (κ2) is 10.2. The fraction of sp³-hybridized carbons (Fsp3) is 0.462. The summed E-state index contributed by atoms with van der Waals surface area (Å²) in [5, 5.41) is 14.7. The Bertz CT molecular complexity index is 1210. The molecule has 35 heavy (non-hydrogen) atoms. The molecule has 0 aliphatic heterocycles. The number of carbonyl (C=O) groups is 1. The SMILES string of the molecule is CC1(C2CCCC2)Cc2cc(OCCCCOc3cccc(-c4nn[nH]n4)c3)c(Cl)c(Cl)c2C1=O. The monoisotopic (exact) mass is 514 g/mol.